The van der Waals surface area contributed by atoms with Crippen LogP contribution in [0.1, 0.15) is 0 Å². The molecule has 2 nitrogen and oxygen atoms in total. The molecule has 0 unspecified atom stereocenters. The molecule has 0 aromatic heterocycles. The molecule has 0 saturated heterocycles. The number of hydrogen-bond acceptors (Lipinski definition) is 2. The molecular weight excluding hydrogens is 159 g/mol. The molecule has 1 rings (SSSR count). The minimum atomic E-state index is -1.10. The number of halogens is 2. The molecule has 4 heteroatoms. The normalized spacial score (nSPS) is 18.6. The fraction of sp³-hybridized carbons (Fsp3) is 0. The van der Waals surface area contributed by atoms with Gasteiger partial charge >= 0.3 is 0 Å². The van der Waals surface area contributed by atoms with Gasteiger partial charge in [0.1, 0.15) is 0 Å². The summed E-state index contributed by atoms with van der Waals surface area (Å²) in [6.07, 6.45) is 1.49. The Labute approximate surface area is 61.0 Å². The van der Waals surface area contributed by atoms with Crippen molar-refractivity contribution in [3.05, 3.63) is 23.0 Å². The van der Waals surface area contributed by atoms with Crippen molar-refractivity contribution in [1.29, 1.82) is 0 Å². The van der Waals surface area contributed by atoms with Crippen molar-refractivity contribution in [3.8, 4) is 0 Å². The molecule has 0 spiro atoms. The Bertz CT molecular complexity index is 241. The average molecular weight is 161 g/mol. The zero-order valence-corrected chi connectivity index (χ0v) is 5.48. The van der Waals surface area contributed by atoms with E-state index in [-0.39, 0.29) is 5.03 Å². The van der Waals surface area contributed by atoms with Crippen LogP contribution < -0.4 is 0 Å². The maximum Gasteiger partial charge on any atom is 0.232 e. The summed E-state index contributed by atoms with van der Waals surface area (Å²) in [5, 5.41) is -0.370. The van der Waals surface area contributed by atoms with Crippen LogP contribution in [0.5, 0.6) is 0 Å². The first-order valence-electron chi connectivity index (χ1n) is 2.44. The molecule has 0 amide bonds. The van der Waals surface area contributed by atoms with Gasteiger partial charge in [-0.2, -0.15) is 0 Å². The van der Waals surface area contributed by atoms with E-state index in [4.69, 9.17) is 11.6 Å². The number of carbonyl (C=O) groups is 2. The highest BCUT2D eigenvalue weighted by atomic mass is 35.5. The van der Waals surface area contributed by atoms with Crippen LogP contribution in [-0.4, -0.2) is 11.6 Å². The molecule has 0 aromatic carbocycles. The SMILES string of the molecule is O=C1C=C(F)C(=O)C(Cl)=C1. The van der Waals surface area contributed by atoms with E-state index >= 15 is 0 Å². The van der Waals surface area contributed by atoms with Gasteiger partial charge in [0.25, 0.3) is 0 Å². The maximum absolute atomic E-state index is 12.2. The third-order valence-electron chi connectivity index (χ3n) is 0.972. The van der Waals surface area contributed by atoms with Gasteiger partial charge < -0.3 is 0 Å². The fourth-order valence-electron chi connectivity index (χ4n) is 0.537. The highest BCUT2D eigenvalue weighted by Gasteiger charge is 2.19. The lowest BCUT2D eigenvalue weighted by atomic mass is 10.1. The van der Waals surface area contributed by atoms with Crippen molar-refractivity contribution in [1.82, 2.24) is 0 Å². The van der Waals surface area contributed by atoms with E-state index in [9.17, 15) is 14.0 Å². The lowest BCUT2D eigenvalue weighted by molar-refractivity contribution is -0.115. The Morgan fingerprint density at radius 2 is 1.90 bits per heavy atom. The van der Waals surface area contributed by atoms with E-state index in [2.05, 4.69) is 0 Å². The highest BCUT2D eigenvalue weighted by molar-refractivity contribution is 6.47. The summed E-state index contributed by atoms with van der Waals surface area (Å²) in [4.78, 5) is 20.9. The highest BCUT2D eigenvalue weighted by Crippen LogP contribution is 2.16. The summed E-state index contributed by atoms with van der Waals surface area (Å²) >= 11 is 5.17. The molecule has 52 valence electrons. The van der Waals surface area contributed by atoms with E-state index in [1.807, 2.05) is 0 Å². The summed E-state index contributed by atoms with van der Waals surface area (Å²) in [6, 6.07) is 0. The molecule has 1 aliphatic carbocycles. The number of carbonyl (C=O) groups excluding carboxylic acids is 2. The van der Waals surface area contributed by atoms with Crippen LogP contribution in [0.2, 0.25) is 0 Å². The number of rotatable bonds is 0. The van der Waals surface area contributed by atoms with E-state index in [1.165, 1.54) is 0 Å². The Balaban J connectivity index is 3.05. The number of ketones is 2. The second-order valence-corrected chi connectivity index (χ2v) is 2.12. The first-order valence-corrected chi connectivity index (χ1v) is 2.82. The van der Waals surface area contributed by atoms with Crippen molar-refractivity contribution in [3.63, 3.8) is 0 Å². The van der Waals surface area contributed by atoms with Crippen molar-refractivity contribution in [2.45, 2.75) is 0 Å². The maximum atomic E-state index is 12.2. The van der Waals surface area contributed by atoms with E-state index in [0.29, 0.717) is 6.08 Å². The Morgan fingerprint density at radius 1 is 1.30 bits per heavy atom. The topological polar surface area (TPSA) is 34.1 Å². The van der Waals surface area contributed by atoms with Gasteiger partial charge in [0.2, 0.25) is 5.78 Å². The average Bonchev–Trinajstić information content (AvgIpc) is 1.82. The van der Waals surface area contributed by atoms with Crippen LogP contribution in [0.3, 0.4) is 0 Å². The van der Waals surface area contributed by atoms with Gasteiger partial charge in [-0.3, -0.25) is 9.59 Å². The summed E-state index contributed by atoms with van der Waals surface area (Å²) < 4.78 is 12.2. The smallest absolute Gasteiger partial charge is 0.232 e. The van der Waals surface area contributed by atoms with Gasteiger partial charge in [-0.05, 0) is 0 Å². The van der Waals surface area contributed by atoms with Gasteiger partial charge in [-0.1, -0.05) is 11.6 Å². The molecule has 0 fully saturated rings. The predicted octanol–water partition coefficient (Wildman–Crippen LogP) is 1.11. The molecule has 0 radical (unpaired) electrons. The molecule has 0 saturated carbocycles. The van der Waals surface area contributed by atoms with Gasteiger partial charge in [0, 0.05) is 12.2 Å². The van der Waals surface area contributed by atoms with E-state index < -0.39 is 17.4 Å². The monoisotopic (exact) mass is 160 g/mol. The predicted molar refractivity (Wildman–Crippen MR) is 33.1 cm³/mol. The summed E-state index contributed by atoms with van der Waals surface area (Å²) in [7, 11) is 0. The standard InChI is InChI=1S/C6H2ClFO2/c7-4-1-3(9)2-5(8)6(4)10/h1-2H. The zero-order chi connectivity index (χ0) is 7.72. The second-order valence-electron chi connectivity index (χ2n) is 1.72. The van der Waals surface area contributed by atoms with Gasteiger partial charge in [-0.25, -0.2) is 4.39 Å². The number of Topliss-reactive ketones (excluding diaryl/α,β-unsaturated/α-hetero) is 1. The van der Waals surface area contributed by atoms with Crippen molar-refractivity contribution in [2.24, 2.45) is 0 Å². The molecule has 0 aromatic rings. The molecular formula is C6H2ClFO2. The minimum absolute atomic E-state index is 0.370. The molecule has 0 heterocycles. The molecule has 10 heavy (non-hydrogen) atoms. The summed E-state index contributed by atoms with van der Waals surface area (Å²) in [5.41, 5.74) is 0. The first kappa shape index (κ1) is 7.15. The van der Waals surface area contributed by atoms with Crippen molar-refractivity contribution in [2.75, 3.05) is 0 Å². The summed E-state index contributed by atoms with van der Waals surface area (Å²) in [6.45, 7) is 0. The fourth-order valence-corrected chi connectivity index (χ4v) is 0.734. The molecule has 0 bridgehead atoms. The molecule has 1 aliphatic rings. The minimum Gasteiger partial charge on any atom is -0.290 e. The van der Waals surface area contributed by atoms with Crippen LogP contribution >= 0.6 is 11.6 Å². The van der Waals surface area contributed by atoms with Gasteiger partial charge in [0.15, 0.2) is 11.6 Å². The third-order valence-corrected chi connectivity index (χ3v) is 1.25. The van der Waals surface area contributed by atoms with Gasteiger partial charge in [0.05, 0.1) is 5.03 Å². The van der Waals surface area contributed by atoms with E-state index in [0.717, 1.165) is 6.08 Å². The van der Waals surface area contributed by atoms with Gasteiger partial charge in [-0.15, -0.1) is 0 Å². The quantitative estimate of drug-likeness (QED) is 0.498. The Hall–Kier alpha value is -0.960. The van der Waals surface area contributed by atoms with Crippen LogP contribution in [0, 0.1) is 0 Å². The van der Waals surface area contributed by atoms with Crippen LogP contribution in [0.15, 0.2) is 23.0 Å². The van der Waals surface area contributed by atoms with Crippen molar-refractivity contribution < 1.29 is 14.0 Å². The Morgan fingerprint density at radius 3 is 2.40 bits per heavy atom. The summed E-state index contributed by atoms with van der Waals surface area (Å²) in [5.74, 6) is -2.62. The van der Waals surface area contributed by atoms with Crippen molar-refractivity contribution >= 4 is 23.2 Å². The lowest BCUT2D eigenvalue weighted by Gasteiger charge is -1.98. The molecule has 0 atom stereocenters. The van der Waals surface area contributed by atoms with Crippen LogP contribution in [-0.2, 0) is 9.59 Å². The van der Waals surface area contributed by atoms with Crippen LogP contribution in [0.25, 0.3) is 0 Å². The second kappa shape index (κ2) is 2.34. The number of hydrogen-bond donors (Lipinski definition) is 0. The molecule has 0 aliphatic heterocycles. The molecule has 0 N–H and O–H groups in total. The zero-order valence-electron chi connectivity index (χ0n) is 4.73. The Kier molecular flexibility index (Phi) is 1.68. The lowest BCUT2D eigenvalue weighted by Crippen LogP contribution is -2.07. The van der Waals surface area contributed by atoms with Crippen LogP contribution in [0.4, 0.5) is 4.39 Å². The first-order chi connectivity index (χ1) is 4.61. The van der Waals surface area contributed by atoms with E-state index in [1.54, 1.807) is 0 Å². The number of allylic oxidation sites excluding steroid dienone is 4. The largest absolute Gasteiger partial charge is 0.290 e. The third kappa shape index (κ3) is 1.14.